The lowest BCUT2D eigenvalue weighted by Gasteiger charge is -2.46. The number of nitrogens with zero attached hydrogens (tertiary/aromatic N) is 2. The number of likely N-dealkylation sites (N-methyl/N-ethyl adjacent to an activating group) is 2. The van der Waals surface area contributed by atoms with E-state index in [2.05, 4.69) is 21.1 Å². The quantitative estimate of drug-likeness (QED) is 0.399. The molecule has 0 saturated carbocycles. The van der Waals surface area contributed by atoms with Crippen LogP contribution in [0.3, 0.4) is 0 Å². The van der Waals surface area contributed by atoms with E-state index in [1.807, 2.05) is 21.1 Å². The van der Waals surface area contributed by atoms with E-state index in [9.17, 15) is 15.3 Å². The third kappa shape index (κ3) is 5.45. The van der Waals surface area contributed by atoms with Gasteiger partial charge in [0, 0.05) is 0 Å². The van der Waals surface area contributed by atoms with E-state index < -0.39 is 30.6 Å². The van der Waals surface area contributed by atoms with Crippen LogP contribution in [0.25, 0.3) is 0 Å². The molecule has 0 unspecified atom stereocenters. The van der Waals surface area contributed by atoms with E-state index in [1.165, 1.54) is 0 Å². The lowest BCUT2D eigenvalue weighted by atomic mass is 9.95. The van der Waals surface area contributed by atoms with Crippen LogP contribution in [0.5, 0.6) is 0 Å². The maximum Gasteiger partial charge on any atom is 0.211 e. The predicted octanol–water partition coefficient (Wildman–Crippen LogP) is -1.78. The molecule has 5 atom stereocenters. The van der Waals surface area contributed by atoms with Gasteiger partial charge in [0.25, 0.3) is 0 Å². The number of hydrogen-bond acceptors (Lipinski definition) is 5. The Kier molecular flexibility index (Phi) is 6.14. The summed E-state index contributed by atoms with van der Waals surface area (Å²) in [6.07, 6.45) is -3.97. The summed E-state index contributed by atoms with van der Waals surface area (Å²) in [7, 11) is 11.7. The first-order chi connectivity index (χ1) is 9.43. The molecule has 0 aromatic rings. The molecule has 0 spiro atoms. The Labute approximate surface area is 127 Å². The first-order valence-corrected chi connectivity index (χ1v) is 7.32. The fourth-order valence-corrected chi connectivity index (χ4v) is 2.45. The monoisotopic (exact) mass is 308 g/mol. The Morgan fingerprint density at radius 3 is 2.00 bits per heavy atom. The Morgan fingerprint density at radius 1 is 0.952 bits per heavy atom. The molecular formula is C14H32N2O5+2. The zero-order chi connectivity index (χ0) is 16.4. The summed E-state index contributed by atoms with van der Waals surface area (Å²) in [4.78, 5) is 0. The molecule has 1 aliphatic rings. The second kappa shape index (κ2) is 6.87. The van der Waals surface area contributed by atoms with Gasteiger partial charge in [-0.1, -0.05) is 0 Å². The summed E-state index contributed by atoms with van der Waals surface area (Å²) < 4.78 is 12.0. The third-order valence-corrected chi connectivity index (χ3v) is 3.77. The molecule has 0 bridgehead atoms. The minimum absolute atomic E-state index is 0.152. The van der Waals surface area contributed by atoms with Crippen LogP contribution < -0.4 is 0 Å². The fraction of sp³-hybridized carbons (Fsp3) is 1.00. The molecule has 0 aromatic heterocycles. The maximum absolute atomic E-state index is 10.2. The van der Waals surface area contributed by atoms with Crippen molar-refractivity contribution in [1.82, 2.24) is 0 Å². The zero-order valence-corrected chi connectivity index (χ0v) is 14.1. The highest BCUT2D eigenvalue weighted by Crippen LogP contribution is 2.25. The predicted molar refractivity (Wildman–Crippen MR) is 78.4 cm³/mol. The van der Waals surface area contributed by atoms with Gasteiger partial charge in [-0.3, -0.25) is 0 Å². The van der Waals surface area contributed by atoms with Crippen LogP contribution in [0.15, 0.2) is 0 Å². The van der Waals surface area contributed by atoms with Crippen molar-refractivity contribution in [3.63, 3.8) is 0 Å². The molecule has 7 nitrogen and oxygen atoms in total. The van der Waals surface area contributed by atoms with Crippen LogP contribution in [-0.4, -0.2) is 117 Å². The first-order valence-electron chi connectivity index (χ1n) is 7.32. The molecule has 3 N–H and O–H groups in total. The molecule has 7 heteroatoms. The molecule has 126 valence electrons. The maximum atomic E-state index is 10.2. The largest absolute Gasteiger partial charge is 0.387 e. The number of aliphatic hydroxyl groups excluding tert-OH is 3. The average molecular weight is 308 g/mol. The Morgan fingerprint density at radius 2 is 1.52 bits per heavy atom. The third-order valence-electron chi connectivity index (χ3n) is 3.77. The van der Waals surface area contributed by atoms with E-state index >= 15 is 0 Å². The highest BCUT2D eigenvalue weighted by Gasteiger charge is 2.50. The normalized spacial score (nSPS) is 35.0. The van der Waals surface area contributed by atoms with Gasteiger partial charge in [-0.2, -0.15) is 0 Å². The van der Waals surface area contributed by atoms with E-state index in [0.29, 0.717) is 11.1 Å². The lowest BCUT2D eigenvalue weighted by molar-refractivity contribution is -0.909. The van der Waals surface area contributed by atoms with E-state index in [-0.39, 0.29) is 6.61 Å². The number of ether oxygens (including phenoxy) is 2. The molecule has 0 amide bonds. The number of quaternary nitrogens is 2. The van der Waals surface area contributed by atoms with Crippen molar-refractivity contribution in [1.29, 1.82) is 0 Å². The van der Waals surface area contributed by atoms with Gasteiger partial charge >= 0.3 is 0 Å². The Balaban J connectivity index is 2.52. The zero-order valence-electron chi connectivity index (χ0n) is 14.1. The van der Waals surface area contributed by atoms with Gasteiger partial charge in [0.2, 0.25) is 6.29 Å². The van der Waals surface area contributed by atoms with E-state index in [1.54, 1.807) is 0 Å². The highest BCUT2D eigenvalue weighted by molar-refractivity contribution is 4.89. The summed E-state index contributed by atoms with van der Waals surface area (Å²) in [6.45, 7) is 1.51. The Bertz CT molecular complexity index is 326. The number of hydrogen-bond donors (Lipinski definition) is 3. The van der Waals surface area contributed by atoms with Crippen LogP contribution in [0, 0.1) is 0 Å². The summed E-state index contributed by atoms with van der Waals surface area (Å²) in [5, 5.41) is 30.5. The van der Waals surface area contributed by atoms with Crippen molar-refractivity contribution in [2.75, 3.05) is 62.0 Å². The van der Waals surface area contributed by atoms with Gasteiger partial charge in [0.1, 0.15) is 24.9 Å². The second-order valence-corrected chi connectivity index (χ2v) is 7.74. The van der Waals surface area contributed by atoms with Gasteiger partial charge in [-0.05, 0) is 0 Å². The molecule has 21 heavy (non-hydrogen) atoms. The van der Waals surface area contributed by atoms with Crippen molar-refractivity contribution < 1.29 is 33.8 Å². The summed E-state index contributed by atoms with van der Waals surface area (Å²) in [5.41, 5.74) is 0. The standard InChI is InChI=1S/C14H32N2O5/c1-15(2,3)7-8-20-9-10-12(17)13(18)11(14(19)21-10)16(4,5)6/h10-14,17-19H,7-9H2,1-6H3/q+2/t10-,11-,12-,13-,14-/m1/s1. The molecule has 1 aliphatic heterocycles. The molecule has 0 aliphatic carbocycles. The molecule has 0 radical (unpaired) electrons. The summed E-state index contributed by atoms with van der Waals surface area (Å²) >= 11 is 0. The lowest BCUT2D eigenvalue weighted by Crippen LogP contribution is -2.67. The smallest absolute Gasteiger partial charge is 0.211 e. The topological polar surface area (TPSA) is 79.2 Å². The second-order valence-electron chi connectivity index (χ2n) is 7.74. The van der Waals surface area contributed by atoms with Crippen LogP contribution in [0.2, 0.25) is 0 Å². The fourth-order valence-electron chi connectivity index (χ4n) is 2.45. The summed E-state index contributed by atoms with van der Waals surface area (Å²) in [5.74, 6) is 0. The van der Waals surface area contributed by atoms with Crippen LogP contribution in [0.1, 0.15) is 0 Å². The number of aliphatic hydroxyl groups is 3. The highest BCUT2D eigenvalue weighted by atomic mass is 16.6. The number of rotatable bonds is 6. The molecule has 1 rings (SSSR count). The van der Waals surface area contributed by atoms with Crippen molar-refractivity contribution in [3.8, 4) is 0 Å². The minimum atomic E-state index is -1.13. The van der Waals surface area contributed by atoms with Gasteiger partial charge in [0.05, 0.1) is 55.5 Å². The molecule has 1 fully saturated rings. The van der Waals surface area contributed by atoms with Crippen molar-refractivity contribution in [2.45, 2.75) is 30.6 Å². The van der Waals surface area contributed by atoms with E-state index in [0.717, 1.165) is 11.0 Å². The van der Waals surface area contributed by atoms with Crippen LogP contribution in [0.4, 0.5) is 0 Å². The molecule has 1 heterocycles. The first kappa shape index (κ1) is 18.8. The van der Waals surface area contributed by atoms with Gasteiger partial charge < -0.3 is 33.8 Å². The van der Waals surface area contributed by atoms with Crippen molar-refractivity contribution in [3.05, 3.63) is 0 Å². The van der Waals surface area contributed by atoms with Crippen molar-refractivity contribution >= 4 is 0 Å². The van der Waals surface area contributed by atoms with E-state index in [4.69, 9.17) is 9.47 Å². The Hall–Kier alpha value is -0.280. The van der Waals surface area contributed by atoms with Gasteiger partial charge in [0.15, 0.2) is 6.04 Å². The molecule has 1 saturated heterocycles. The molecular weight excluding hydrogens is 276 g/mol. The SMILES string of the molecule is C[N+](C)(C)CCOC[C@H]1O[C@@H](O)[C@H]([N+](C)(C)C)[C@@H](O)[C@@H]1O. The van der Waals surface area contributed by atoms with Gasteiger partial charge in [-0.15, -0.1) is 0 Å². The summed E-state index contributed by atoms with van der Waals surface area (Å²) in [6, 6.07) is -0.595. The van der Waals surface area contributed by atoms with Crippen molar-refractivity contribution in [2.24, 2.45) is 0 Å². The average Bonchev–Trinajstić information content (AvgIpc) is 2.27. The van der Waals surface area contributed by atoms with Crippen LogP contribution >= 0.6 is 0 Å². The van der Waals surface area contributed by atoms with Gasteiger partial charge in [-0.25, -0.2) is 0 Å². The van der Waals surface area contributed by atoms with Crippen LogP contribution in [-0.2, 0) is 9.47 Å². The molecule has 0 aromatic carbocycles. The minimum Gasteiger partial charge on any atom is -0.387 e.